The number of amides is 1. The van der Waals surface area contributed by atoms with Crippen LogP contribution in [0.2, 0.25) is 5.02 Å². The van der Waals surface area contributed by atoms with Gasteiger partial charge in [0.2, 0.25) is 0 Å². The molecule has 7 nitrogen and oxygen atoms in total. The summed E-state index contributed by atoms with van der Waals surface area (Å²) in [6, 6.07) is -0.146. The number of nitrogens with one attached hydrogen (secondary N) is 2. The quantitative estimate of drug-likeness (QED) is 0.711. The highest BCUT2D eigenvalue weighted by atomic mass is 35.5. The van der Waals surface area contributed by atoms with E-state index in [1.165, 1.54) is 5.57 Å². The van der Waals surface area contributed by atoms with Gasteiger partial charge in [-0.25, -0.2) is 0 Å². The third-order valence-corrected chi connectivity index (χ3v) is 3.76. The van der Waals surface area contributed by atoms with Crippen molar-refractivity contribution >= 4 is 23.3 Å². The van der Waals surface area contributed by atoms with E-state index in [1.807, 2.05) is 19.9 Å². The SMILES string of the molecule is CC(C)=CCO[C@@H]1COCC[C@H]1NC(=O)c1[nH]nc(N)c1Cl. The Morgan fingerprint density at radius 2 is 2.41 bits per heavy atom. The number of carbonyl (C=O) groups is 1. The summed E-state index contributed by atoms with van der Waals surface area (Å²) in [6.07, 6.45) is 2.46. The van der Waals surface area contributed by atoms with Gasteiger partial charge < -0.3 is 20.5 Å². The third-order valence-electron chi connectivity index (χ3n) is 3.38. The van der Waals surface area contributed by atoms with Crippen molar-refractivity contribution < 1.29 is 14.3 Å². The molecule has 1 saturated heterocycles. The maximum absolute atomic E-state index is 12.2. The van der Waals surface area contributed by atoms with Crippen LogP contribution in [0.25, 0.3) is 0 Å². The van der Waals surface area contributed by atoms with E-state index in [0.29, 0.717) is 26.2 Å². The predicted octanol–water partition coefficient (Wildman–Crippen LogP) is 1.52. The van der Waals surface area contributed by atoms with Crippen molar-refractivity contribution in [2.24, 2.45) is 0 Å². The number of hydrogen-bond acceptors (Lipinski definition) is 5. The molecule has 1 aliphatic heterocycles. The summed E-state index contributed by atoms with van der Waals surface area (Å²) in [7, 11) is 0. The van der Waals surface area contributed by atoms with E-state index in [-0.39, 0.29) is 34.6 Å². The average Bonchev–Trinajstić information content (AvgIpc) is 2.80. The van der Waals surface area contributed by atoms with Gasteiger partial charge in [-0.2, -0.15) is 5.10 Å². The molecule has 0 spiro atoms. The molecule has 0 aromatic carbocycles. The molecule has 2 rings (SSSR count). The molecule has 1 aromatic heterocycles. The topological polar surface area (TPSA) is 102 Å². The number of allylic oxidation sites excluding steroid dienone is 1. The number of aromatic nitrogens is 2. The Balaban J connectivity index is 1.97. The minimum absolute atomic E-state index is 0.107. The number of nitrogens with two attached hydrogens (primary N) is 1. The lowest BCUT2D eigenvalue weighted by atomic mass is 10.1. The normalized spacial score (nSPS) is 21.4. The summed E-state index contributed by atoms with van der Waals surface area (Å²) in [5, 5.41) is 9.28. The minimum atomic E-state index is -0.350. The summed E-state index contributed by atoms with van der Waals surface area (Å²) in [5.74, 6) is -0.243. The van der Waals surface area contributed by atoms with E-state index in [9.17, 15) is 4.79 Å². The Kier molecular flexibility index (Phi) is 5.82. The van der Waals surface area contributed by atoms with Gasteiger partial charge in [-0.3, -0.25) is 9.89 Å². The molecule has 0 unspecified atom stereocenters. The van der Waals surface area contributed by atoms with Crippen LogP contribution in [0.3, 0.4) is 0 Å². The van der Waals surface area contributed by atoms with E-state index in [2.05, 4.69) is 15.5 Å². The van der Waals surface area contributed by atoms with Crippen molar-refractivity contribution in [1.82, 2.24) is 15.5 Å². The van der Waals surface area contributed by atoms with Crippen molar-refractivity contribution in [3.63, 3.8) is 0 Å². The van der Waals surface area contributed by atoms with E-state index in [4.69, 9.17) is 26.8 Å². The highest BCUT2D eigenvalue weighted by Gasteiger charge is 2.29. The molecular formula is C14H21ClN4O3. The van der Waals surface area contributed by atoms with E-state index in [0.717, 1.165) is 0 Å². The zero-order chi connectivity index (χ0) is 16.1. The smallest absolute Gasteiger partial charge is 0.271 e. The Hall–Kier alpha value is -1.57. The molecule has 22 heavy (non-hydrogen) atoms. The fourth-order valence-corrected chi connectivity index (χ4v) is 2.28. The van der Waals surface area contributed by atoms with Gasteiger partial charge in [0.25, 0.3) is 5.91 Å². The second-order valence-electron chi connectivity index (χ2n) is 5.39. The fourth-order valence-electron chi connectivity index (χ4n) is 2.11. The van der Waals surface area contributed by atoms with Crippen LogP contribution in [0.4, 0.5) is 5.82 Å². The first kappa shape index (κ1) is 16.8. The van der Waals surface area contributed by atoms with Crippen molar-refractivity contribution in [1.29, 1.82) is 0 Å². The zero-order valence-corrected chi connectivity index (χ0v) is 13.4. The molecular weight excluding hydrogens is 308 g/mol. The van der Waals surface area contributed by atoms with Crippen molar-refractivity contribution in [2.45, 2.75) is 32.4 Å². The van der Waals surface area contributed by atoms with E-state index in [1.54, 1.807) is 0 Å². The molecule has 0 aliphatic carbocycles. The summed E-state index contributed by atoms with van der Waals surface area (Å²) >= 11 is 5.93. The number of carbonyl (C=O) groups excluding carboxylic acids is 1. The molecule has 4 N–H and O–H groups in total. The molecule has 8 heteroatoms. The van der Waals surface area contributed by atoms with Crippen molar-refractivity contribution in [3.8, 4) is 0 Å². The largest absolute Gasteiger partial charge is 0.381 e. The van der Waals surface area contributed by atoms with Gasteiger partial charge in [0.15, 0.2) is 5.82 Å². The van der Waals surface area contributed by atoms with Crippen LogP contribution in [0.1, 0.15) is 30.8 Å². The fraction of sp³-hybridized carbons (Fsp3) is 0.571. The molecule has 1 aliphatic rings. The summed E-state index contributed by atoms with van der Waals surface area (Å²) in [5.41, 5.74) is 6.87. The third kappa shape index (κ3) is 4.22. The Morgan fingerprint density at radius 3 is 3.05 bits per heavy atom. The van der Waals surface area contributed by atoms with Crippen LogP contribution in [0.15, 0.2) is 11.6 Å². The Morgan fingerprint density at radius 1 is 1.64 bits per heavy atom. The zero-order valence-electron chi connectivity index (χ0n) is 12.7. The van der Waals surface area contributed by atoms with Crippen LogP contribution in [0.5, 0.6) is 0 Å². The summed E-state index contributed by atoms with van der Waals surface area (Å²) < 4.78 is 11.2. The van der Waals surface area contributed by atoms with E-state index < -0.39 is 0 Å². The highest BCUT2D eigenvalue weighted by molar-refractivity contribution is 6.35. The maximum atomic E-state index is 12.2. The first-order valence-corrected chi connectivity index (χ1v) is 7.49. The molecule has 1 aromatic rings. The lowest BCUT2D eigenvalue weighted by Crippen LogP contribution is -2.50. The van der Waals surface area contributed by atoms with Crippen LogP contribution < -0.4 is 11.1 Å². The second-order valence-corrected chi connectivity index (χ2v) is 5.77. The number of aromatic amines is 1. The number of ether oxygens (including phenoxy) is 2. The van der Waals surface area contributed by atoms with Gasteiger partial charge in [0, 0.05) is 6.61 Å². The maximum Gasteiger partial charge on any atom is 0.271 e. The molecule has 0 bridgehead atoms. The van der Waals surface area contributed by atoms with Gasteiger partial charge in [-0.05, 0) is 20.3 Å². The summed E-state index contributed by atoms with van der Waals surface area (Å²) in [4.78, 5) is 12.2. The number of hydrogen-bond donors (Lipinski definition) is 3. The first-order valence-electron chi connectivity index (χ1n) is 7.12. The van der Waals surface area contributed by atoms with Gasteiger partial charge in [-0.15, -0.1) is 0 Å². The summed E-state index contributed by atoms with van der Waals surface area (Å²) in [6.45, 7) is 5.52. The molecule has 1 amide bonds. The molecule has 0 radical (unpaired) electrons. The van der Waals surface area contributed by atoms with Crippen LogP contribution >= 0.6 is 11.6 Å². The van der Waals surface area contributed by atoms with Crippen LogP contribution in [-0.4, -0.2) is 48.1 Å². The molecule has 2 atom stereocenters. The standard InChI is InChI=1S/C14H21ClN4O3/c1-8(2)3-6-22-10-7-21-5-4-9(10)17-14(20)12-11(15)13(16)19-18-12/h3,9-10H,4-7H2,1-2H3,(H,17,20)(H3,16,18,19)/t9-,10-/m1/s1. The molecule has 122 valence electrons. The lowest BCUT2D eigenvalue weighted by Gasteiger charge is -2.31. The number of anilines is 1. The van der Waals surface area contributed by atoms with Crippen LogP contribution in [-0.2, 0) is 9.47 Å². The number of H-pyrrole nitrogens is 1. The average molecular weight is 329 g/mol. The number of nitrogen functional groups attached to an aromatic ring is 1. The number of halogens is 1. The highest BCUT2D eigenvalue weighted by Crippen LogP contribution is 2.20. The monoisotopic (exact) mass is 328 g/mol. The Labute approximate surface area is 134 Å². The van der Waals surface area contributed by atoms with Gasteiger partial charge in [-0.1, -0.05) is 23.3 Å². The molecule has 1 fully saturated rings. The lowest BCUT2D eigenvalue weighted by molar-refractivity contribution is -0.0589. The Bertz CT molecular complexity index is 554. The number of rotatable bonds is 5. The van der Waals surface area contributed by atoms with E-state index >= 15 is 0 Å². The second kappa shape index (κ2) is 7.62. The van der Waals surface area contributed by atoms with Gasteiger partial charge in [0.05, 0.1) is 19.3 Å². The van der Waals surface area contributed by atoms with Crippen molar-refractivity contribution in [3.05, 3.63) is 22.4 Å². The first-order chi connectivity index (χ1) is 10.5. The predicted molar refractivity (Wildman–Crippen MR) is 83.9 cm³/mol. The number of nitrogens with zero attached hydrogens (tertiary/aromatic N) is 1. The van der Waals surface area contributed by atoms with Crippen molar-refractivity contribution in [2.75, 3.05) is 25.6 Å². The molecule has 0 saturated carbocycles. The molecule has 2 heterocycles. The minimum Gasteiger partial charge on any atom is -0.381 e. The van der Waals surface area contributed by atoms with Gasteiger partial charge in [0.1, 0.15) is 16.8 Å². The van der Waals surface area contributed by atoms with Gasteiger partial charge >= 0.3 is 0 Å². The van der Waals surface area contributed by atoms with Crippen LogP contribution in [0, 0.1) is 0 Å².